The number of aromatic hydroxyl groups is 1. The Balaban J connectivity index is 0.00000196. The summed E-state index contributed by atoms with van der Waals surface area (Å²) in [5.74, 6) is 0.441. The fourth-order valence-electron chi connectivity index (χ4n) is 1.15. The predicted molar refractivity (Wildman–Crippen MR) is 59.1 cm³/mol. The van der Waals surface area contributed by atoms with Crippen LogP contribution in [0.3, 0.4) is 0 Å². The Bertz CT molecular complexity index is 363. The van der Waals surface area contributed by atoms with Crippen molar-refractivity contribution < 1.29 is 9.84 Å². The first-order valence-electron chi connectivity index (χ1n) is 4.18. The summed E-state index contributed by atoms with van der Waals surface area (Å²) in [6.07, 6.45) is 0.228. The largest absolute Gasteiger partial charge is 0.504 e. The molecule has 0 saturated carbocycles. The molecule has 0 fully saturated rings. The molecule has 15 heavy (non-hydrogen) atoms. The van der Waals surface area contributed by atoms with Gasteiger partial charge in [0, 0.05) is 6.04 Å². The Morgan fingerprint density at radius 2 is 2.27 bits per heavy atom. The van der Waals surface area contributed by atoms with Gasteiger partial charge in [0.25, 0.3) is 0 Å². The molecule has 0 aliphatic carbocycles. The second kappa shape index (κ2) is 6.12. The van der Waals surface area contributed by atoms with Crippen molar-refractivity contribution in [1.29, 1.82) is 5.26 Å². The fraction of sp³-hybridized carbons (Fsp3) is 0.300. The van der Waals surface area contributed by atoms with Gasteiger partial charge in [-0.25, -0.2) is 0 Å². The van der Waals surface area contributed by atoms with Crippen LogP contribution in [0.5, 0.6) is 11.5 Å². The van der Waals surface area contributed by atoms with E-state index in [-0.39, 0.29) is 30.6 Å². The molecule has 0 aliphatic rings. The first-order valence-corrected chi connectivity index (χ1v) is 4.18. The number of nitrogens with zero attached hydrogens (tertiary/aromatic N) is 1. The molecule has 4 nitrogen and oxygen atoms in total. The topological polar surface area (TPSA) is 79.3 Å². The number of benzene rings is 1. The quantitative estimate of drug-likeness (QED) is 0.826. The lowest BCUT2D eigenvalue weighted by Gasteiger charge is -2.10. The first kappa shape index (κ1) is 13.6. The van der Waals surface area contributed by atoms with Crippen LogP contribution in [0.25, 0.3) is 0 Å². The van der Waals surface area contributed by atoms with Crippen LogP contribution in [-0.4, -0.2) is 12.2 Å². The number of hydrogen-bond acceptors (Lipinski definition) is 4. The van der Waals surface area contributed by atoms with Gasteiger partial charge in [0.2, 0.25) is 0 Å². The third-order valence-electron chi connectivity index (χ3n) is 1.94. The lowest BCUT2D eigenvalue weighted by atomic mass is 10.0. The predicted octanol–water partition coefficient (Wildman–Crippen LogP) is 1.74. The number of ether oxygens (including phenoxy) is 1. The number of halogens is 1. The summed E-state index contributed by atoms with van der Waals surface area (Å²) in [6.45, 7) is 0. The molecular formula is C10H13ClN2O2. The summed E-state index contributed by atoms with van der Waals surface area (Å²) in [5, 5.41) is 17.9. The highest BCUT2D eigenvalue weighted by Gasteiger charge is 2.08. The van der Waals surface area contributed by atoms with Gasteiger partial charge < -0.3 is 15.6 Å². The molecule has 1 rings (SSSR count). The van der Waals surface area contributed by atoms with Crippen molar-refractivity contribution in [2.24, 2.45) is 5.73 Å². The minimum atomic E-state index is -0.364. The van der Waals surface area contributed by atoms with E-state index in [1.165, 1.54) is 13.2 Å². The average Bonchev–Trinajstić information content (AvgIpc) is 2.18. The molecule has 0 unspecified atom stereocenters. The molecule has 0 radical (unpaired) electrons. The minimum Gasteiger partial charge on any atom is -0.504 e. The average molecular weight is 229 g/mol. The highest BCUT2D eigenvalue weighted by Crippen LogP contribution is 2.28. The second-order valence-corrected chi connectivity index (χ2v) is 2.90. The van der Waals surface area contributed by atoms with E-state index in [4.69, 9.17) is 15.7 Å². The monoisotopic (exact) mass is 228 g/mol. The van der Waals surface area contributed by atoms with Crippen LogP contribution < -0.4 is 10.5 Å². The van der Waals surface area contributed by atoms with E-state index in [2.05, 4.69) is 0 Å². The van der Waals surface area contributed by atoms with Gasteiger partial charge in [0.05, 0.1) is 19.6 Å². The highest BCUT2D eigenvalue weighted by molar-refractivity contribution is 5.85. The summed E-state index contributed by atoms with van der Waals surface area (Å²) in [5.41, 5.74) is 6.42. The Hall–Kier alpha value is -1.44. The zero-order valence-electron chi connectivity index (χ0n) is 8.30. The normalized spacial score (nSPS) is 11.0. The van der Waals surface area contributed by atoms with E-state index in [0.29, 0.717) is 5.75 Å². The van der Waals surface area contributed by atoms with Crippen molar-refractivity contribution in [3.05, 3.63) is 23.8 Å². The fourth-order valence-corrected chi connectivity index (χ4v) is 1.15. The van der Waals surface area contributed by atoms with Gasteiger partial charge in [0.15, 0.2) is 11.5 Å². The number of rotatable bonds is 3. The van der Waals surface area contributed by atoms with E-state index in [1.807, 2.05) is 6.07 Å². The second-order valence-electron chi connectivity index (χ2n) is 2.90. The molecule has 82 valence electrons. The lowest BCUT2D eigenvalue weighted by molar-refractivity contribution is 0.373. The summed E-state index contributed by atoms with van der Waals surface area (Å²) >= 11 is 0. The zero-order chi connectivity index (χ0) is 10.6. The third-order valence-corrected chi connectivity index (χ3v) is 1.94. The van der Waals surface area contributed by atoms with E-state index in [1.54, 1.807) is 12.1 Å². The van der Waals surface area contributed by atoms with Crippen LogP contribution in [0.1, 0.15) is 18.0 Å². The van der Waals surface area contributed by atoms with Crippen LogP contribution in [0.15, 0.2) is 18.2 Å². The lowest BCUT2D eigenvalue weighted by Crippen LogP contribution is -2.08. The van der Waals surface area contributed by atoms with Crippen LogP contribution in [0.4, 0.5) is 0 Å². The number of phenolic OH excluding ortho intramolecular Hbond substituents is 1. The van der Waals surface area contributed by atoms with Crippen molar-refractivity contribution >= 4 is 12.4 Å². The molecule has 0 aliphatic heterocycles. The maximum absolute atomic E-state index is 9.44. The molecular weight excluding hydrogens is 216 g/mol. The molecule has 5 heteroatoms. The van der Waals surface area contributed by atoms with E-state index in [0.717, 1.165) is 5.56 Å². The molecule has 1 atom stereocenters. The molecule has 0 saturated heterocycles. The van der Waals surface area contributed by atoms with E-state index >= 15 is 0 Å². The summed E-state index contributed by atoms with van der Waals surface area (Å²) in [6, 6.07) is 6.49. The Morgan fingerprint density at radius 3 is 2.73 bits per heavy atom. The number of methoxy groups -OCH3 is 1. The van der Waals surface area contributed by atoms with Gasteiger partial charge in [-0.1, -0.05) is 6.07 Å². The van der Waals surface area contributed by atoms with Crippen molar-refractivity contribution in [3.8, 4) is 17.6 Å². The van der Waals surface area contributed by atoms with Gasteiger partial charge >= 0.3 is 0 Å². The standard InChI is InChI=1S/C10H12N2O2.ClH/c1-14-10-3-2-7(6-9(10)13)8(12)4-5-11;/h2-3,6,8,13H,4,12H2,1H3;1H/t8-;/m1./s1. The van der Waals surface area contributed by atoms with Crippen molar-refractivity contribution in [2.75, 3.05) is 7.11 Å². The van der Waals surface area contributed by atoms with Gasteiger partial charge in [-0.05, 0) is 17.7 Å². The number of nitriles is 1. The molecule has 0 aromatic heterocycles. The first-order chi connectivity index (χ1) is 6.69. The Kier molecular flexibility index (Phi) is 5.53. The molecule has 1 aromatic carbocycles. The van der Waals surface area contributed by atoms with Crippen LogP contribution in [0.2, 0.25) is 0 Å². The molecule has 0 spiro atoms. The molecule has 0 heterocycles. The summed E-state index contributed by atoms with van der Waals surface area (Å²) in [7, 11) is 1.48. The molecule has 1 aromatic rings. The highest BCUT2D eigenvalue weighted by atomic mass is 35.5. The number of nitrogens with two attached hydrogens (primary N) is 1. The van der Waals surface area contributed by atoms with Crippen molar-refractivity contribution in [1.82, 2.24) is 0 Å². The van der Waals surface area contributed by atoms with Crippen LogP contribution in [0, 0.1) is 11.3 Å². The third kappa shape index (κ3) is 3.31. The molecule has 0 amide bonds. The van der Waals surface area contributed by atoms with Gasteiger partial charge in [0.1, 0.15) is 0 Å². The maximum Gasteiger partial charge on any atom is 0.160 e. The van der Waals surface area contributed by atoms with E-state index in [9.17, 15) is 5.11 Å². The van der Waals surface area contributed by atoms with Gasteiger partial charge in [-0.2, -0.15) is 5.26 Å². The minimum absolute atomic E-state index is 0. The van der Waals surface area contributed by atoms with Crippen LogP contribution >= 0.6 is 12.4 Å². The summed E-state index contributed by atoms with van der Waals surface area (Å²) in [4.78, 5) is 0. The van der Waals surface area contributed by atoms with Crippen molar-refractivity contribution in [3.63, 3.8) is 0 Å². The smallest absolute Gasteiger partial charge is 0.160 e. The van der Waals surface area contributed by atoms with E-state index < -0.39 is 0 Å². The van der Waals surface area contributed by atoms with Crippen LogP contribution in [-0.2, 0) is 0 Å². The Labute approximate surface area is 94.7 Å². The van der Waals surface area contributed by atoms with Gasteiger partial charge in [-0.15, -0.1) is 12.4 Å². The zero-order valence-corrected chi connectivity index (χ0v) is 9.12. The summed E-state index contributed by atoms with van der Waals surface area (Å²) < 4.78 is 4.88. The van der Waals surface area contributed by atoms with Crippen molar-refractivity contribution in [2.45, 2.75) is 12.5 Å². The number of phenols is 1. The number of hydrogen-bond donors (Lipinski definition) is 2. The Morgan fingerprint density at radius 1 is 1.60 bits per heavy atom. The maximum atomic E-state index is 9.44. The molecule has 0 bridgehead atoms. The molecule has 3 N–H and O–H groups in total. The van der Waals surface area contributed by atoms with Gasteiger partial charge in [-0.3, -0.25) is 0 Å². The SMILES string of the molecule is COc1ccc([C@H](N)CC#N)cc1O.Cl.